The molecule has 0 N–H and O–H groups in total. The van der Waals surface area contributed by atoms with Gasteiger partial charge in [-0.3, -0.25) is 4.68 Å². The van der Waals surface area contributed by atoms with Crippen molar-refractivity contribution in [3.8, 4) is 23.0 Å². The maximum atomic E-state index is 5.49. The highest BCUT2D eigenvalue weighted by molar-refractivity contribution is 7.99. The molecule has 0 bridgehead atoms. The van der Waals surface area contributed by atoms with E-state index in [2.05, 4.69) is 72.4 Å². The van der Waals surface area contributed by atoms with E-state index in [0.717, 1.165) is 11.3 Å². The third kappa shape index (κ3) is 4.59. The summed E-state index contributed by atoms with van der Waals surface area (Å²) < 4.78 is 7.45. The van der Waals surface area contributed by atoms with Gasteiger partial charge >= 0.3 is 0 Å². The maximum Gasteiger partial charge on any atom is 0.278 e. The Balaban J connectivity index is 1.53. The lowest BCUT2D eigenvalue weighted by atomic mass is 10.1. The van der Waals surface area contributed by atoms with Crippen LogP contribution in [0.1, 0.15) is 30.7 Å². The predicted octanol–water partition coefficient (Wildman–Crippen LogP) is 5.77. The lowest BCUT2D eigenvalue weighted by Gasteiger charge is -2.04. The van der Waals surface area contributed by atoms with E-state index in [-0.39, 0.29) is 0 Å². The van der Waals surface area contributed by atoms with Gasteiger partial charge in [-0.05, 0) is 49.7 Å². The number of aryl methyl sites for hydroxylation is 2. The number of hydrogen-bond acceptors (Lipinski definition) is 5. The second-order valence-electron chi connectivity index (χ2n) is 7.43. The van der Waals surface area contributed by atoms with Gasteiger partial charge in [0.05, 0.1) is 6.54 Å². The molecular formula is C23H24N4OS. The first-order valence-corrected chi connectivity index (χ1v) is 10.6. The zero-order valence-corrected chi connectivity index (χ0v) is 17.9. The number of thioether (sulfide) groups is 1. The van der Waals surface area contributed by atoms with E-state index in [1.54, 1.807) is 0 Å². The van der Waals surface area contributed by atoms with Crippen molar-refractivity contribution in [2.75, 3.05) is 0 Å². The molecule has 148 valence electrons. The van der Waals surface area contributed by atoms with E-state index in [0.29, 0.717) is 29.2 Å². The molecule has 0 aliphatic carbocycles. The first kappa shape index (κ1) is 19.5. The van der Waals surface area contributed by atoms with Crippen LogP contribution in [0.3, 0.4) is 0 Å². The highest BCUT2D eigenvalue weighted by atomic mass is 32.2. The Kier molecular flexibility index (Phi) is 5.53. The first-order chi connectivity index (χ1) is 14.0. The fourth-order valence-electron chi connectivity index (χ4n) is 3.04. The molecule has 0 atom stereocenters. The summed E-state index contributed by atoms with van der Waals surface area (Å²) >= 11 is 1.83. The van der Waals surface area contributed by atoms with Crippen molar-refractivity contribution in [3.05, 3.63) is 71.4 Å². The minimum absolute atomic E-state index is 0.436. The Morgan fingerprint density at radius 2 is 1.72 bits per heavy atom. The molecule has 0 aliphatic rings. The zero-order valence-electron chi connectivity index (χ0n) is 17.1. The van der Waals surface area contributed by atoms with E-state index in [9.17, 15) is 0 Å². The number of benzene rings is 2. The zero-order chi connectivity index (χ0) is 20.4. The standard InChI is InChI=1S/C23H24N4OS/c1-15(2)29-20-11-9-19(10-12-20)22-24-23(28-26-22)21-13-17(4)27(25-21)14-18-7-5-16(3)6-8-18/h5-13,15H,14H2,1-4H3. The summed E-state index contributed by atoms with van der Waals surface area (Å²) in [7, 11) is 0. The van der Waals surface area contributed by atoms with Gasteiger partial charge in [0.2, 0.25) is 5.82 Å². The highest BCUT2D eigenvalue weighted by Crippen LogP contribution is 2.27. The Labute approximate surface area is 175 Å². The van der Waals surface area contributed by atoms with Crippen molar-refractivity contribution in [3.63, 3.8) is 0 Å². The van der Waals surface area contributed by atoms with Gasteiger partial charge in [-0.25, -0.2) is 0 Å². The second kappa shape index (κ2) is 8.25. The Morgan fingerprint density at radius 3 is 2.41 bits per heavy atom. The summed E-state index contributed by atoms with van der Waals surface area (Å²) in [5.74, 6) is 1.01. The van der Waals surface area contributed by atoms with Gasteiger partial charge < -0.3 is 4.52 Å². The average molecular weight is 405 g/mol. The molecule has 0 radical (unpaired) electrons. The Morgan fingerprint density at radius 1 is 1.00 bits per heavy atom. The fraction of sp³-hybridized carbons (Fsp3) is 0.261. The largest absolute Gasteiger partial charge is 0.332 e. The number of aromatic nitrogens is 4. The molecule has 0 unspecified atom stereocenters. The number of hydrogen-bond donors (Lipinski definition) is 0. The molecule has 0 saturated carbocycles. The Bertz CT molecular complexity index is 1090. The van der Waals surface area contributed by atoms with Crippen LogP contribution in [0.15, 0.2) is 64.0 Å². The second-order valence-corrected chi connectivity index (χ2v) is 9.08. The molecular weight excluding hydrogens is 380 g/mol. The van der Waals surface area contributed by atoms with E-state index < -0.39 is 0 Å². The molecule has 0 amide bonds. The van der Waals surface area contributed by atoms with Crippen LogP contribution in [-0.2, 0) is 6.54 Å². The van der Waals surface area contributed by atoms with Crippen molar-refractivity contribution in [2.24, 2.45) is 0 Å². The Hall–Kier alpha value is -2.86. The molecule has 2 aromatic carbocycles. The molecule has 2 aromatic heterocycles. The van der Waals surface area contributed by atoms with Crippen LogP contribution in [-0.4, -0.2) is 25.2 Å². The first-order valence-electron chi connectivity index (χ1n) is 9.69. The van der Waals surface area contributed by atoms with Crippen molar-refractivity contribution >= 4 is 11.8 Å². The van der Waals surface area contributed by atoms with Gasteiger partial charge in [0, 0.05) is 21.4 Å². The lowest BCUT2D eigenvalue weighted by molar-refractivity contribution is 0.430. The van der Waals surface area contributed by atoms with Gasteiger partial charge in [-0.15, -0.1) is 11.8 Å². The summed E-state index contributed by atoms with van der Waals surface area (Å²) in [6, 6.07) is 18.7. The summed E-state index contributed by atoms with van der Waals surface area (Å²) in [5.41, 5.74) is 5.14. The molecule has 2 heterocycles. The van der Waals surface area contributed by atoms with Crippen LogP contribution in [0.4, 0.5) is 0 Å². The molecule has 0 fully saturated rings. The summed E-state index contributed by atoms with van der Waals surface area (Å²) in [6.45, 7) is 9.20. The summed E-state index contributed by atoms with van der Waals surface area (Å²) in [4.78, 5) is 5.79. The van der Waals surface area contributed by atoms with Crippen LogP contribution < -0.4 is 0 Å². The van der Waals surface area contributed by atoms with Gasteiger partial charge in [0.15, 0.2) is 5.69 Å². The predicted molar refractivity (Wildman–Crippen MR) is 117 cm³/mol. The monoisotopic (exact) mass is 404 g/mol. The normalized spacial score (nSPS) is 11.3. The summed E-state index contributed by atoms with van der Waals surface area (Å²) in [6.07, 6.45) is 0. The van der Waals surface area contributed by atoms with Crippen LogP contribution in [0, 0.1) is 13.8 Å². The van der Waals surface area contributed by atoms with E-state index in [1.165, 1.54) is 16.0 Å². The lowest BCUT2D eigenvalue weighted by Crippen LogP contribution is -2.03. The van der Waals surface area contributed by atoms with Gasteiger partial charge in [-0.1, -0.05) is 48.8 Å². The molecule has 0 saturated heterocycles. The van der Waals surface area contributed by atoms with Crippen LogP contribution in [0.5, 0.6) is 0 Å². The van der Waals surface area contributed by atoms with Gasteiger partial charge in [0.25, 0.3) is 5.89 Å². The van der Waals surface area contributed by atoms with Crippen molar-refractivity contribution in [1.29, 1.82) is 0 Å². The van der Waals surface area contributed by atoms with Crippen LogP contribution in [0.2, 0.25) is 0 Å². The van der Waals surface area contributed by atoms with Crippen molar-refractivity contribution in [1.82, 2.24) is 19.9 Å². The van der Waals surface area contributed by atoms with Crippen LogP contribution in [0.25, 0.3) is 23.0 Å². The van der Waals surface area contributed by atoms with Gasteiger partial charge in [-0.2, -0.15) is 10.1 Å². The smallest absolute Gasteiger partial charge is 0.278 e. The van der Waals surface area contributed by atoms with Crippen LogP contribution >= 0.6 is 11.8 Å². The minimum atomic E-state index is 0.436. The third-order valence-corrected chi connectivity index (χ3v) is 5.58. The molecule has 5 nitrogen and oxygen atoms in total. The molecule has 4 aromatic rings. The topological polar surface area (TPSA) is 56.7 Å². The molecule has 6 heteroatoms. The highest BCUT2D eigenvalue weighted by Gasteiger charge is 2.15. The molecule has 29 heavy (non-hydrogen) atoms. The van der Waals surface area contributed by atoms with E-state index in [1.807, 2.05) is 41.6 Å². The molecule has 4 rings (SSSR count). The SMILES string of the molecule is Cc1ccc(Cn2nc(-c3nc(-c4ccc(SC(C)C)cc4)no3)cc2C)cc1. The number of rotatable bonds is 6. The van der Waals surface area contributed by atoms with Crippen molar-refractivity contribution in [2.45, 2.75) is 44.4 Å². The fourth-order valence-corrected chi connectivity index (χ4v) is 3.88. The maximum absolute atomic E-state index is 5.49. The van der Waals surface area contributed by atoms with E-state index in [4.69, 9.17) is 4.52 Å². The number of nitrogens with zero attached hydrogens (tertiary/aromatic N) is 4. The van der Waals surface area contributed by atoms with Crippen molar-refractivity contribution < 1.29 is 4.52 Å². The van der Waals surface area contributed by atoms with Gasteiger partial charge in [0.1, 0.15) is 0 Å². The average Bonchev–Trinajstić information content (AvgIpc) is 3.31. The minimum Gasteiger partial charge on any atom is -0.332 e. The molecule has 0 aliphatic heterocycles. The third-order valence-electron chi connectivity index (χ3n) is 4.56. The molecule has 0 spiro atoms. The van der Waals surface area contributed by atoms with E-state index >= 15 is 0 Å². The summed E-state index contributed by atoms with van der Waals surface area (Å²) in [5, 5.41) is 9.36. The quantitative estimate of drug-likeness (QED) is 0.382.